The van der Waals surface area contributed by atoms with Crippen LogP contribution >= 0.6 is 0 Å². The highest BCUT2D eigenvalue weighted by molar-refractivity contribution is 6.04. The van der Waals surface area contributed by atoms with Gasteiger partial charge in [-0.15, -0.1) is 4.70 Å². The van der Waals surface area contributed by atoms with Crippen LogP contribution in [0.3, 0.4) is 0 Å². The van der Waals surface area contributed by atoms with Crippen molar-refractivity contribution >= 4 is 23.1 Å². The van der Waals surface area contributed by atoms with Gasteiger partial charge in [0.25, 0.3) is 12.1 Å². The summed E-state index contributed by atoms with van der Waals surface area (Å²) in [5.41, 5.74) is 3.72. The van der Waals surface area contributed by atoms with Crippen LogP contribution in [0.15, 0.2) is 57.4 Å². The summed E-state index contributed by atoms with van der Waals surface area (Å²) in [6.07, 6.45) is 2.31. The number of fused-ring (bicyclic) bond motifs is 1. The Morgan fingerprint density at radius 2 is 2.08 bits per heavy atom. The molecule has 4 heterocycles. The number of ether oxygens (including phenoxy) is 1. The number of pyridine rings is 1. The van der Waals surface area contributed by atoms with Gasteiger partial charge >= 0.3 is 5.84 Å². The second kappa shape index (κ2) is 9.97. The zero-order valence-electron chi connectivity index (χ0n) is 22.1. The monoisotopic (exact) mass is 549 g/mol. The molecule has 3 aromatic heterocycles. The Balaban J connectivity index is 1.22. The van der Waals surface area contributed by atoms with Gasteiger partial charge in [-0.1, -0.05) is 22.4 Å². The number of aliphatic imine (C=N–C) groups is 1. The lowest BCUT2D eigenvalue weighted by Crippen LogP contribution is -2.33. The number of azo groups is 2. The molecule has 1 aromatic carbocycles. The molecule has 0 saturated heterocycles. The molecule has 6 rings (SSSR count). The van der Waals surface area contributed by atoms with Gasteiger partial charge < -0.3 is 14.6 Å². The summed E-state index contributed by atoms with van der Waals surface area (Å²) in [6, 6.07) is 9.06. The second-order valence-electron chi connectivity index (χ2n) is 10.0. The van der Waals surface area contributed by atoms with E-state index in [1.54, 1.807) is 23.6 Å². The molecule has 40 heavy (non-hydrogen) atoms. The highest BCUT2D eigenvalue weighted by Gasteiger charge is 2.48. The van der Waals surface area contributed by atoms with Crippen LogP contribution in [-0.4, -0.2) is 62.1 Å². The summed E-state index contributed by atoms with van der Waals surface area (Å²) in [4.78, 5) is 26.7. The zero-order valence-corrected chi connectivity index (χ0v) is 22.1. The summed E-state index contributed by atoms with van der Waals surface area (Å²) in [7, 11) is 1.64. The van der Waals surface area contributed by atoms with E-state index < -0.39 is 18.0 Å². The number of carbonyl (C=O) groups is 1. The number of alkyl halides is 2. The minimum absolute atomic E-state index is 0.198. The summed E-state index contributed by atoms with van der Waals surface area (Å²) in [5, 5.41) is 11.6. The Morgan fingerprint density at radius 1 is 1.25 bits per heavy atom. The molecule has 1 aliphatic heterocycles. The molecular weight excluding hydrogens is 522 g/mol. The Bertz CT molecular complexity index is 1670. The largest absolute Gasteiger partial charge is 0.381 e. The Labute approximate surface area is 227 Å². The summed E-state index contributed by atoms with van der Waals surface area (Å²) in [6.45, 7) is 4.89. The number of hydrogen-bond acceptors (Lipinski definition) is 8. The number of imidazole rings is 1. The van der Waals surface area contributed by atoms with Crippen molar-refractivity contribution in [2.24, 2.45) is 10.1 Å². The fourth-order valence-electron chi connectivity index (χ4n) is 4.78. The lowest BCUT2D eigenvalue weighted by Gasteiger charge is -2.31. The Hall–Kier alpha value is -4.39. The van der Waals surface area contributed by atoms with Crippen molar-refractivity contribution in [3.8, 4) is 11.4 Å². The van der Waals surface area contributed by atoms with Gasteiger partial charge in [0.15, 0.2) is 0 Å². The molecule has 1 saturated carbocycles. The van der Waals surface area contributed by atoms with E-state index in [0.29, 0.717) is 35.7 Å². The number of amides is 1. The summed E-state index contributed by atoms with van der Waals surface area (Å²) in [5.74, 6) is -2.22. The van der Waals surface area contributed by atoms with Crippen molar-refractivity contribution in [1.82, 2.24) is 19.5 Å². The molecule has 13 heteroatoms. The van der Waals surface area contributed by atoms with Crippen molar-refractivity contribution < 1.29 is 27.5 Å². The molecule has 2 aliphatic rings. The van der Waals surface area contributed by atoms with Gasteiger partial charge in [-0.3, -0.25) is 9.20 Å². The first-order chi connectivity index (χ1) is 19.2. The van der Waals surface area contributed by atoms with Crippen LogP contribution < -0.4 is 5.32 Å². The molecule has 11 nitrogen and oxygen atoms in total. The van der Waals surface area contributed by atoms with E-state index in [2.05, 4.69) is 30.5 Å². The number of aromatic nitrogens is 4. The third-order valence-corrected chi connectivity index (χ3v) is 7.12. The fraction of sp³-hybridized carbons (Fsp3) is 0.370. The highest BCUT2D eigenvalue weighted by atomic mass is 19.3. The van der Waals surface area contributed by atoms with Crippen LogP contribution in [0.5, 0.6) is 0 Å². The number of amidine groups is 1. The van der Waals surface area contributed by atoms with Gasteiger partial charge in [0.1, 0.15) is 17.9 Å². The van der Waals surface area contributed by atoms with Gasteiger partial charge in [0.2, 0.25) is 17.6 Å². The maximum absolute atomic E-state index is 13.4. The van der Waals surface area contributed by atoms with E-state index in [1.165, 1.54) is 6.20 Å². The van der Waals surface area contributed by atoms with E-state index in [4.69, 9.17) is 9.26 Å². The van der Waals surface area contributed by atoms with Gasteiger partial charge in [-0.2, -0.15) is 4.98 Å². The highest BCUT2D eigenvalue weighted by Crippen LogP contribution is 2.48. The SMILES string of the molecule is COCC[N+]1=NC(c2ccc3ncc(C(=O)Nc4cc(-c5noc(C6CC(F)(F)C6)n5)ccc4C)n3c2)N=C1C. The average molecular weight is 550 g/mol. The minimum Gasteiger partial charge on any atom is -0.381 e. The van der Waals surface area contributed by atoms with Gasteiger partial charge in [-0.25, -0.2) is 13.8 Å². The van der Waals surface area contributed by atoms with Gasteiger partial charge in [0.05, 0.1) is 12.8 Å². The number of anilines is 1. The van der Waals surface area contributed by atoms with Crippen molar-refractivity contribution in [2.75, 3.05) is 25.6 Å². The van der Waals surface area contributed by atoms with Crippen LogP contribution in [0.1, 0.15) is 59.4 Å². The van der Waals surface area contributed by atoms with E-state index >= 15 is 0 Å². The van der Waals surface area contributed by atoms with Crippen LogP contribution in [0.25, 0.3) is 17.0 Å². The van der Waals surface area contributed by atoms with Crippen LogP contribution in [0.4, 0.5) is 14.5 Å². The third kappa shape index (κ3) is 4.88. The molecule has 0 spiro atoms. The van der Waals surface area contributed by atoms with Gasteiger partial charge in [-0.05, 0) is 35.7 Å². The van der Waals surface area contributed by atoms with Crippen molar-refractivity contribution in [3.05, 3.63) is 65.4 Å². The van der Waals surface area contributed by atoms with Crippen LogP contribution in [-0.2, 0) is 4.74 Å². The number of nitrogens with one attached hydrogen (secondary N) is 1. The molecule has 1 atom stereocenters. The second-order valence-corrected chi connectivity index (χ2v) is 10.0. The number of rotatable bonds is 8. The molecular formula is C27H27F2N8O3+. The molecule has 1 fully saturated rings. The smallest absolute Gasteiger partial charge is 0.312 e. The minimum atomic E-state index is -2.68. The zero-order chi connectivity index (χ0) is 28.0. The van der Waals surface area contributed by atoms with Crippen molar-refractivity contribution in [2.45, 2.75) is 44.7 Å². The van der Waals surface area contributed by atoms with Crippen molar-refractivity contribution in [3.63, 3.8) is 0 Å². The maximum atomic E-state index is 13.4. The number of methoxy groups -OCH3 is 1. The number of halogens is 2. The van der Waals surface area contributed by atoms with E-state index in [1.807, 2.05) is 42.9 Å². The first kappa shape index (κ1) is 25.9. The van der Waals surface area contributed by atoms with Crippen LogP contribution in [0, 0.1) is 6.92 Å². The predicted octanol–water partition coefficient (Wildman–Crippen LogP) is 5.00. The quantitative estimate of drug-likeness (QED) is 0.309. The topological polar surface area (TPSA) is 122 Å². The first-order valence-electron chi connectivity index (χ1n) is 12.8. The molecule has 1 aliphatic carbocycles. The third-order valence-electron chi connectivity index (χ3n) is 7.12. The normalized spacial score (nSPS) is 18.5. The average Bonchev–Trinajstić information content (AvgIpc) is 3.65. The summed E-state index contributed by atoms with van der Waals surface area (Å²) >= 11 is 0. The number of benzene rings is 1. The Kier molecular flexibility index (Phi) is 6.45. The predicted molar refractivity (Wildman–Crippen MR) is 140 cm³/mol. The summed E-state index contributed by atoms with van der Waals surface area (Å²) < 4.78 is 40.4. The maximum Gasteiger partial charge on any atom is 0.312 e. The van der Waals surface area contributed by atoms with E-state index in [0.717, 1.165) is 17.0 Å². The van der Waals surface area contributed by atoms with Crippen molar-refractivity contribution in [1.29, 1.82) is 0 Å². The Morgan fingerprint density at radius 3 is 2.85 bits per heavy atom. The fourth-order valence-corrected chi connectivity index (χ4v) is 4.78. The molecule has 0 bridgehead atoms. The number of carbonyl (C=O) groups excluding carboxylic acids is 1. The lowest BCUT2D eigenvalue weighted by molar-refractivity contribution is -0.483. The molecule has 1 N–H and O–H groups in total. The standard InChI is InChI=1S/C27H26F2N8O3/c1-15-4-5-17(24-33-26(40-35-24)19-11-27(28,29)12-19)10-20(15)32-25(38)21-13-30-22-7-6-18(14-36(21)22)23-31-16(2)37(34-23)8-9-39-3/h4-7,10,13-14,19,23H,8-9,11-12H2,1-3H3/p+1. The first-order valence-corrected chi connectivity index (χ1v) is 12.8. The van der Waals surface area contributed by atoms with E-state index in [9.17, 15) is 13.6 Å². The molecule has 1 unspecified atom stereocenters. The molecule has 4 aromatic rings. The lowest BCUT2D eigenvalue weighted by atomic mass is 9.81. The van der Waals surface area contributed by atoms with Crippen LogP contribution in [0.2, 0.25) is 0 Å². The van der Waals surface area contributed by atoms with E-state index in [-0.39, 0.29) is 30.5 Å². The number of hydrogen-bond donors (Lipinski definition) is 1. The molecule has 0 radical (unpaired) electrons. The number of aryl methyl sites for hydroxylation is 1. The molecule has 206 valence electrons. The van der Waals surface area contributed by atoms with Gasteiger partial charge in [0, 0.05) is 55.8 Å². The molecule has 1 amide bonds. The number of nitrogens with zero attached hydrogens (tertiary/aromatic N) is 7.